The minimum absolute atomic E-state index is 0.0368. The molecule has 5 aliphatic rings. The molecular formula is C31H40N4O7. The number of anilines is 1. The fourth-order valence-corrected chi connectivity index (χ4v) is 8.71. The number of phenols is 1. The number of carbonyl (C=O) groups is 5. The predicted molar refractivity (Wildman–Crippen MR) is 152 cm³/mol. The van der Waals surface area contributed by atoms with E-state index >= 15 is 0 Å². The largest absolute Gasteiger partial charge is 0.507 e. The lowest BCUT2D eigenvalue weighted by molar-refractivity contribution is -0.181. The maximum Gasteiger partial charge on any atom is 0.235 e. The molecule has 1 aliphatic heterocycles. The van der Waals surface area contributed by atoms with E-state index in [0.717, 1.165) is 25.2 Å². The first-order valence-electron chi connectivity index (χ1n) is 14.8. The average molecular weight is 581 g/mol. The molecule has 4 aliphatic carbocycles. The highest BCUT2D eigenvalue weighted by atomic mass is 16.3. The summed E-state index contributed by atoms with van der Waals surface area (Å²) in [6.07, 6.45) is 5.08. The van der Waals surface area contributed by atoms with E-state index in [0.29, 0.717) is 23.1 Å². The van der Waals surface area contributed by atoms with Gasteiger partial charge in [-0.05, 0) is 75.7 Å². The third kappa shape index (κ3) is 3.92. The van der Waals surface area contributed by atoms with E-state index in [1.165, 1.54) is 24.2 Å². The van der Waals surface area contributed by atoms with Crippen molar-refractivity contribution in [2.45, 2.75) is 56.7 Å². The predicted octanol–water partition coefficient (Wildman–Crippen LogP) is 0.309. The van der Waals surface area contributed by atoms with E-state index in [4.69, 9.17) is 5.73 Å². The molecular weight excluding hydrogens is 540 g/mol. The Hall–Kier alpha value is -3.15. The molecule has 0 radical (unpaired) electrons. The summed E-state index contributed by atoms with van der Waals surface area (Å²) >= 11 is 0. The summed E-state index contributed by atoms with van der Waals surface area (Å²) in [6, 6.07) is 0.803. The minimum Gasteiger partial charge on any atom is -0.507 e. The van der Waals surface area contributed by atoms with Crippen LogP contribution in [0.5, 0.6) is 5.75 Å². The van der Waals surface area contributed by atoms with Crippen molar-refractivity contribution < 1.29 is 34.2 Å². The van der Waals surface area contributed by atoms with Gasteiger partial charge in [-0.3, -0.25) is 33.8 Å². The van der Waals surface area contributed by atoms with Crippen LogP contribution in [0, 0.1) is 29.1 Å². The summed E-state index contributed by atoms with van der Waals surface area (Å²) in [6.45, 7) is 2.32. The number of Topliss-reactive ketones (excluding diaryl/α,β-unsaturated/α-hetero) is 4. The monoisotopic (exact) mass is 580 g/mol. The summed E-state index contributed by atoms with van der Waals surface area (Å²) in [5.74, 6) is -10.2. The highest BCUT2D eigenvalue weighted by Gasteiger charge is 2.69. The maximum absolute atomic E-state index is 14.2. The number of rotatable bonds is 5. The molecule has 2 unspecified atom stereocenters. The molecule has 1 amide bonds. The Morgan fingerprint density at radius 3 is 2.33 bits per heavy atom. The van der Waals surface area contributed by atoms with Gasteiger partial charge in [-0.2, -0.15) is 0 Å². The van der Waals surface area contributed by atoms with Crippen LogP contribution in [0.3, 0.4) is 0 Å². The van der Waals surface area contributed by atoms with Crippen LogP contribution in [0.2, 0.25) is 0 Å². The zero-order valence-corrected chi connectivity index (χ0v) is 24.7. The van der Waals surface area contributed by atoms with Crippen LogP contribution >= 0.6 is 0 Å². The molecule has 1 aromatic rings. The highest BCUT2D eigenvalue weighted by Crippen LogP contribution is 2.53. The Bertz CT molecular complexity index is 1420. The third-order valence-corrected chi connectivity index (χ3v) is 10.9. The molecule has 11 nitrogen and oxygen atoms in total. The van der Waals surface area contributed by atoms with Crippen LogP contribution < -0.4 is 10.6 Å². The number of likely N-dealkylation sites (N-methyl/N-ethyl adjacent to an activating group) is 1. The lowest BCUT2D eigenvalue weighted by Gasteiger charge is -2.52. The second-order valence-corrected chi connectivity index (χ2v) is 13.8. The number of phenolic OH excluding ortho intramolecular Hbond substituents is 1. The molecule has 0 bridgehead atoms. The van der Waals surface area contributed by atoms with E-state index in [1.807, 2.05) is 25.1 Å². The number of aliphatic hydroxyl groups is 1. The van der Waals surface area contributed by atoms with Crippen LogP contribution in [0.25, 0.3) is 0 Å². The Morgan fingerprint density at radius 1 is 1.10 bits per heavy atom. The first kappa shape index (κ1) is 28.9. The van der Waals surface area contributed by atoms with Gasteiger partial charge in [0.2, 0.25) is 5.91 Å². The fraction of sp³-hybridized carbons (Fsp3) is 0.645. The number of nitrogens with zero attached hydrogens (tertiary/aromatic N) is 3. The number of fused-ring (bicyclic) bond motifs is 3. The van der Waals surface area contributed by atoms with Gasteiger partial charge in [-0.15, -0.1) is 0 Å². The molecule has 42 heavy (non-hydrogen) atoms. The summed E-state index contributed by atoms with van der Waals surface area (Å²) in [5, 5.41) is 23.4. The Labute approximate surface area is 245 Å². The summed E-state index contributed by atoms with van der Waals surface area (Å²) in [7, 11) is 6.88. The van der Waals surface area contributed by atoms with Crippen molar-refractivity contribution in [1.29, 1.82) is 0 Å². The maximum atomic E-state index is 14.2. The van der Waals surface area contributed by atoms with Crippen molar-refractivity contribution in [3.05, 3.63) is 22.8 Å². The molecule has 1 heterocycles. The molecule has 11 heteroatoms. The van der Waals surface area contributed by atoms with Crippen LogP contribution in [0.15, 0.2) is 6.07 Å². The van der Waals surface area contributed by atoms with E-state index in [1.54, 1.807) is 14.1 Å². The molecule has 1 spiro atoms. The minimum atomic E-state index is -2.72. The zero-order valence-electron chi connectivity index (χ0n) is 24.7. The number of aromatic hydroxyl groups is 1. The van der Waals surface area contributed by atoms with Crippen molar-refractivity contribution >= 4 is 34.7 Å². The molecule has 4 N–H and O–H groups in total. The first-order valence-corrected chi connectivity index (χ1v) is 14.8. The van der Waals surface area contributed by atoms with Gasteiger partial charge in [0, 0.05) is 44.4 Å². The number of ketones is 4. The quantitative estimate of drug-likeness (QED) is 0.413. The molecule has 226 valence electrons. The van der Waals surface area contributed by atoms with E-state index < -0.39 is 64.4 Å². The van der Waals surface area contributed by atoms with Gasteiger partial charge in [0.05, 0.1) is 17.5 Å². The van der Waals surface area contributed by atoms with Crippen molar-refractivity contribution in [2.24, 2.45) is 34.8 Å². The normalized spacial score (nSPS) is 33.8. The van der Waals surface area contributed by atoms with Crippen molar-refractivity contribution in [2.75, 3.05) is 46.2 Å². The number of nitrogens with two attached hydrogens (primary N) is 1. The number of carbonyl (C=O) groups excluding carboxylic acids is 5. The van der Waals surface area contributed by atoms with Crippen molar-refractivity contribution in [3.8, 4) is 5.75 Å². The van der Waals surface area contributed by atoms with E-state index in [2.05, 4.69) is 4.90 Å². The molecule has 6 rings (SSSR count). The van der Waals surface area contributed by atoms with Crippen LogP contribution in [-0.4, -0.2) is 102 Å². The standard InChI is InChI=1S/C31H40N4O7/c1-33(2)19-12-16(13-35-9-8-30(14-35)6-5-7-30)24(36)21-17(19)10-15-11-18-23(34(3)4)26(38)22(29(32)41)28(40)31(18,42)27(39)20(15)25(21)37/h12,15,18,20,22-23,36,42H,5-11,13-14H2,1-4H3,(H2,32,41)/t15-,18-,20?,22?,23-,31-/m0/s1. The SMILES string of the molecule is CN(C)c1cc(CN2CCC3(CCC3)C2)c(O)c2c1C[C@H]1C[C@H]3[C@H](N(C)C)C(=O)C(C(N)=O)C(=O)[C@@]3(O)C(=O)C1C2=O. The lowest BCUT2D eigenvalue weighted by Crippen LogP contribution is -2.74. The number of amides is 1. The molecule has 6 atom stereocenters. The number of benzene rings is 1. The number of primary amides is 1. The number of hydrogen-bond donors (Lipinski definition) is 3. The van der Waals surface area contributed by atoms with Gasteiger partial charge in [-0.25, -0.2) is 0 Å². The van der Waals surface area contributed by atoms with Crippen molar-refractivity contribution in [1.82, 2.24) is 9.80 Å². The molecule has 1 aromatic carbocycles. The zero-order chi connectivity index (χ0) is 30.5. The topological polar surface area (TPSA) is 162 Å². The third-order valence-electron chi connectivity index (χ3n) is 10.9. The first-order chi connectivity index (χ1) is 19.7. The summed E-state index contributed by atoms with van der Waals surface area (Å²) < 4.78 is 0. The lowest BCUT2D eigenvalue weighted by atomic mass is 9.52. The Balaban J connectivity index is 1.41. The number of hydrogen-bond acceptors (Lipinski definition) is 10. The molecule has 1 saturated heterocycles. The summed E-state index contributed by atoms with van der Waals surface area (Å²) in [5.41, 5.74) is 5.09. The smallest absolute Gasteiger partial charge is 0.235 e. The molecule has 0 aromatic heterocycles. The Morgan fingerprint density at radius 2 is 1.79 bits per heavy atom. The van der Waals surface area contributed by atoms with Gasteiger partial charge in [-0.1, -0.05) is 6.42 Å². The van der Waals surface area contributed by atoms with E-state index in [9.17, 15) is 34.2 Å². The van der Waals surface area contributed by atoms with Gasteiger partial charge in [0.25, 0.3) is 0 Å². The highest BCUT2D eigenvalue weighted by molar-refractivity contribution is 6.32. The van der Waals surface area contributed by atoms with Gasteiger partial charge in [0.15, 0.2) is 34.7 Å². The Kier molecular flexibility index (Phi) is 6.67. The fourth-order valence-electron chi connectivity index (χ4n) is 8.71. The van der Waals surface area contributed by atoms with Crippen LogP contribution in [-0.2, 0) is 32.1 Å². The van der Waals surface area contributed by atoms with Crippen LogP contribution in [0.4, 0.5) is 5.69 Å². The van der Waals surface area contributed by atoms with Gasteiger partial charge in [0.1, 0.15) is 5.75 Å². The van der Waals surface area contributed by atoms with Gasteiger partial charge < -0.3 is 20.8 Å². The number of likely N-dealkylation sites (tertiary alicyclic amines) is 1. The average Bonchev–Trinajstić information content (AvgIpc) is 3.32. The second kappa shape index (κ2) is 9.68. The van der Waals surface area contributed by atoms with Crippen LogP contribution in [0.1, 0.15) is 53.6 Å². The van der Waals surface area contributed by atoms with Crippen molar-refractivity contribution in [3.63, 3.8) is 0 Å². The molecule has 4 fully saturated rings. The van der Waals surface area contributed by atoms with Gasteiger partial charge >= 0.3 is 0 Å². The van der Waals surface area contributed by atoms with E-state index in [-0.39, 0.29) is 24.2 Å². The summed E-state index contributed by atoms with van der Waals surface area (Å²) in [4.78, 5) is 73.0. The molecule has 3 saturated carbocycles. The second-order valence-electron chi connectivity index (χ2n) is 13.8.